The van der Waals surface area contributed by atoms with Crippen LogP contribution in [0.1, 0.15) is 23.4 Å². The second-order valence-corrected chi connectivity index (χ2v) is 7.81. The van der Waals surface area contributed by atoms with E-state index < -0.39 is 0 Å². The Kier molecular flexibility index (Phi) is 6.11. The smallest absolute Gasteiger partial charge is 0.315 e. The molecule has 0 aliphatic carbocycles. The van der Waals surface area contributed by atoms with Crippen LogP contribution in [0, 0.1) is 13.8 Å². The molecule has 0 spiro atoms. The Morgan fingerprint density at radius 1 is 1.07 bits per heavy atom. The zero-order valence-electron chi connectivity index (χ0n) is 16.7. The third-order valence-electron chi connectivity index (χ3n) is 4.89. The average molecular weight is 442 g/mol. The molecule has 0 atom stereocenters. The molecule has 30 heavy (non-hydrogen) atoms. The maximum absolute atomic E-state index is 6.33. The van der Waals surface area contributed by atoms with Crippen LogP contribution >= 0.6 is 23.2 Å². The Hall–Kier alpha value is -2.76. The van der Waals surface area contributed by atoms with E-state index in [-0.39, 0.29) is 0 Å². The quantitative estimate of drug-likeness (QED) is 0.308. The van der Waals surface area contributed by atoms with Crippen LogP contribution in [0.2, 0.25) is 10.0 Å². The van der Waals surface area contributed by atoms with Gasteiger partial charge in [0.2, 0.25) is 0 Å². The lowest BCUT2D eigenvalue weighted by molar-refractivity contribution is 0.239. The van der Waals surface area contributed by atoms with E-state index in [0.717, 1.165) is 34.8 Å². The summed E-state index contributed by atoms with van der Waals surface area (Å²) in [5, 5.41) is 1.44. The average Bonchev–Trinajstić information content (AvgIpc) is 3.33. The molecule has 0 fully saturated rings. The van der Waals surface area contributed by atoms with Crippen molar-refractivity contribution in [2.45, 2.75) is 26.7 Å². The van der Waals surface area contributed by atoms with Crippen LogP contribution < -0.4 is 4.74 Å². The molecule has 5 nitrogen and oxygen atoms in total. The molecule has 154 valence electrons. The van der Waals surface area contributed by atoms with Crippen molar-refractivity contribution in [1.29, 1.82) is 0 Å². The lowest BCUT2D eigenvalue weighted by Crippen LogP contribution is -2.01. The number of nitrogens with zero attached hydrogens (tertiary/aromatic N) is 3. The van der Waals surface area contributed by atoms with E-state index in [1.165, 1.54) is 5.56 Å². The van der Waals surface area contributed by atoms with Crippen molar-refractivity contribution in [3.05, 3.63) is 81.9 Å². The van der Waals surface area contributed by atoms with Gasteiger partial charge in [0.15, 0.2) is 5.69 Å². The minimum Gasteiger partial charge on any atom is -0.463 e. The van der Waals surface area contributed by atoms with E-state index >= 15 is 0 Å². The highest BCUT2D eigenvalue weighted by Crippen LogP contribution is 2.33. The first-order valence-corrected chi connectivity index (χ1v) is 10.4. The van der Waals surface area contributed by atoms with Crippen molar-refractivity contribution < 1.29 is 9.15 Å². The van der Waals surface area contributed by atoms with Gasteiger partial charge in [-0.25, -0.2) is 4.98 Å². The Morgan fingerprint density at radius 3 is 2.57 bits per heavy atom. The number of imidazole rings is 1. The van der Waals surface area contributed by atoms with E-state index in [1.54, 1.807) is 17.0 Å². The van der Waals surface area contributed by atoms with E-state index in [1.807, 2.05) is 43.3 Å². The van der Waals surface area contributed by atoms with Gasteiger partial charge in [-0.1, -0.05) is 47.5 Å². The zero-order valence-corrected chi connectivity index (χ0v) is 18.2. The third-order valence-corrected chi connectivity index (χ3v) is 5.50. The molecule has 0 amide bonds. The highest BCUT2D eigenvalue weighted by Gasteiger charge is 2.19. The summed E-state index contributed by atoms with van der Waals surface area (Å²) in [4.78, 5) is 8.88. The summed E-state index contributed by atoms with van der Waals surface area (Å²) in [5.74, 6) is 1.15. The van der Waals surface area contributed by atoms with Crippen LogP contribution in [0.4, 0.5) is 0 Å². The summed E-state index contributed by atoms with van der Waals surface area (Å²) in [7, 11) is 0. The van der Waals surface area contributed by atoms with Crippen LogP contribution in [0.15, 0.2) is 59.3 Å². The van der Waals surface area contributed by atoms with Crippen LogP contribution in [0.3, 0.4) is 0 Å². The van der Waals surface area contributed by atoms with Gasteiger partial charge in [0, 0.05) is 28.0 Å². The predicted octanol–water partition coefficient (Wildman–Crippen LogP) is 6.46. The molecule has 0 N–H and O–H groups in total. The first kappa shape index (κ1) is 20.5. The number of benzene rings is 2. The SMILES string of the molecule is Cc1cccc(Cl)c1CCCOc1oc(-n2ccnc2C)nc1-c1ccc(Cl)cc1. The molecule has 0 saturated carbocycles. The van der Waals surface area contributed by atoms with Crippen molar-refractivity contribution in [1.82, 2.24) is 14.5 Å². The molecule has 0 unspecified atom stereocenters. The van der Waals surface area contributed by atoms with Gasteiger partial charge in [-0.3, -0.25) is 4.57 Å². The first-order chi connectivity index (χ1) is 14.5. The van der Waals surface area contributed by atoms with Gasteiger partial charge in [-0.05, 0) is 56.0 Å². The van der Waals surface area contributed by atoms with Gasteiger partial charge < -0.3 is 9.15 Å². The molecule has 0 radical (unpaired) electrons. The van der Waals surface area contributed by atoms with E-state index in [2.05, 4.69) is 23.0 Å². The first-order valence-electron chi connectivity index (χ1n) is 9.67. The summed E-state index contributed by atoms with van der Waals surface area (Å²) in [6, 6.07) is 13.8. The number of aryl methyl sites for hydroxylation is 2. The second kappa shape index (κ2) is 8.94. The molecule has 0 aliphatic rings. The minimum absolute atomic E-state index is 0.372. The highest BCUT2D eigenvalue weighted by molar-refractivity contribution is 6.31. The van der Waals surface area contributed by atoms with Crippen LogP contribution in [-0.4, -0.2) is 21.1 Å². The Labute approximate surface area is 185 Å². The predicted molar refractivity (Wildman–Crippen MR) is 119 cm³/mol. The molecule has 0 bridgehead atoms. The van der Waals surface area contributed by atoms with Crippen molar-refractivity contribution in [2.75, 3.05) is 6.61 Å². The topological polar surface area (TPSA) is 53.1 Å². The van der Waals surface area contributed by atoms with E-state index in [4.69, 9.17) is 32.4 Å². The van der Waals surface area contributed by atoms with Gasteiger partial charge in [0.1, 0.15) is 5.82 Å². The summed E-state index contributed by atoms with van der Waals surface area (Å²) in [5.41, 5.74) is 3.82. The minimum atomic E-state index is 0.372. The molecule has 2 heterocycles. The molecular formula is C23H21Cl2N3O2. The number of aromatic nitrogens is 3. The Balaban J connectivity index is 1.54. The fraction of sp³-hybridized carbons (Fsp3) is 0.217. The lowest BCUT2D eigenvalue weighted by atomic mass is 10.0. The van der Waals surface area contributed by atoms with Crippen LogP contribution in [0.5, 0.6) is 5.95 Å². The number of halogens is 2. The van der Waals surface area contributed by atoms with Gasteiger partial charge in [-0.15, -0.1) is 0 Å². The summed E-state index contributed by atoms with van der Waals surface area (Å²) in [6.07, 6.45) is 5.12. The number of hydrogen-bond donors (Lipinski definition) is 0. The molecule has 2 aromatic carbocycles. The summed E-state index contributed by atoms with van der Waals surface area (Å²) in [6.45, 7) is 4.43. The largest absolute Gasteiger partial charge is 0.463 e. The number of hydrogen-bond acceptors (Lipinski definition) is 4. The molecule has 4 aromatic rings. The maximum Gasteiger partial charge on any atom is 0.315 e. The molecule has 4 rings (SSSR count). The number of oxazole rings is 1. The lowest BCUT2D eigenvalue weighted by Gasteiger charge is -2.09. The fourth-order valence-corrected chi connectivity index (χ4v) is 3.71. The van der Waals surface area contributed by atoms with Crippen LogP contribution in [0.25, 0.3) is 17.3 Å². The second-order valence-electron chi connectivity index (χ2n) is 6.97. The zero-order chi connectivity index (χ0) is 21.1. The summed E-state index contributed by atoms with van der Waals surface area (Å²) >= 11 is 12.4. The van der Waals surface area contributed by atoms with E-state index in [9.17, 15) is 0 Å². The Bertz CT molecular complexity index is 1130. The monoisotopic (exact) mass is 441 g/mol. The molecule has 0 saturated heterocycles. The van der Waals surface area contributed by atoms with Crippen molar-refractivity contribution >= 4 is 23.2 Å². The standard InChI is InChI=1S/C23H21Cl2N3O2/c1-15-5-3-7-20(25)19(15)6-4-14-29-22-21(17-8-10-18(24)11-9-17)27-23(30-22)28-13-12-26-16(28)2/h3,5,7-13H,4,6,14H2,1-2H3. The molecule has 0 aliphatic heterocycles. The van der Waals surface area contributed by atoms with Crippen LogP contribution in [-0.2, 0) is 6.42 Å². The number of rotatable bonds is 7. The van der Waals surface area contributed by atoms with Gasteiger partial charge in [0.05, 0.1) is 6.61 Å². The Morgan fingerprint density at radius 2 is 1.87 bits per heavy atom. The van der Waals surface area contributed by atoms with Crippen molar-refractivity contribution in [3.63, 3.8) is 0 Å². The third kappa shape index (κ3) is 4.37. The summed E-state index contributed by atoms with van der Waals surface area (Å²) < 4.78 is 13.7. The maximum atomic E-state index is 6.33. The number of ether oxygens (including phenoxy) is 1. The molecular weight excluding hydrogens is 421 g/mol. The van der Waals surface area contributed by atoms with Crippen molar-refractivity contribution in [3.8, 4) is 23.2 Å². The van der Waals surface area contributed by atoms with Gasteiger partial charge in [0.25, 0.3) is 0 Å². The van der Waals surface area contributed by atoms with E-state index in [0.29, 0.717) is 29.3 Å². The normalized spacial score (nSPS) is 11.1. The van der Waals surface area contributed by atoms with Gasteiger partial charge in [-0.2, -0.15) is 4.98 Å². The molecule has 2 aromatic heterocycles. The molecule has 7 heteroatoms. The van der Waals surface area contributed by atoms with Crippen molar-refractivity contribution in [2.24, 2.45) is 0 Å². The van der Waals surface area contributed by atoms with Gasteiger partial charge >= 0.3 is 12.0 Å². The highest BCUT2D eigenvalue weighted by atomic mass is 35.5. The fourth-order valence-electron chi connectivity index (χ4n) is 3.26.